The highest BCUT2D eigenvalue weighted by Crippen LogP contribution is 2.25. The zero-order valence-electron chi connectivity index (χ0n) is 9.20. The van der Waals surface area contributed by atoms with E-state index in [0.717, 1.165) is 16.4 Å². The van der Waals surface area contributed by atoms with Crippen molar-refractivity contribution < 1.29 is 4.39 Å². The number of nitrogens with zero attached hydrogens (tertiary/aromatic N) is 1. The van der Waals surface area contributed by atoms with Crippen molar-refractivity contribution >= 4 is 16.5 Å². The van der Waals surface area contributed by atoms with Gasteiger partial charge in [-0.2, -0.15) is 0 Å². The molecule has 0 aliphatic rings. The van der Waals surface area contributed by atoms with Gasteiger partial charge in [0.2, 0.25) is 0 Å². The van der Waals surface area contributed by atoms with Crippen LogP contribution in [-0.2, 0) is 0 Å². The second-order valence-corrected chi connectivity index (χ2v) is 4.71. The van der Waals surface area contributed by atoms with Crippen LogP contribution in [0.15, 0.2) is 29.6 Å². The Morgan fingerprint density at radius 1 is 1.38 bits per heavy atom. The summed E-state index contributed by atoms with van der Waals surface area (Å²) >= 11 is 1.53. The van der Waals surface area contributed by atoms with Gasteiger partial charge in [-0.05, 0) is 26.0 Å². The minimum absolute atomic E-state index is 0.233. The van der Waals surface area contributed by atoms with E-state index in [1.54, 1.807) is 6.07 Å². The van der Waals surface area contributed by atoms with Crippen molar-refractivity contribution in [2.24, 2.45) is 0 Å². The van der Waals surface area contributed by atoms with E-state index in [4.69, 9.17) is 0 Å². The van der Waals surface area contributed by atoms with Gasteiger partial charge in [0, 0.05) is 17.0 Å². The van der Waals surface area contributed by atoms with Gasteiger partial charge < -0.3 is 5.32 Å². The number of hydrogen-bond donors (Lipinski definition) is 1. The summed E-state index contributed by atoms with van der Waals surface area (Å²) in [5.41, 5.74) is 1.63. The Hall–Kier alpha value is -1.42. The second kappa shape index (κ2) is 4.61. The fraction of sp³-hybridized carbons (Fsp3) is 0.250. The third kappa shape index (κ3) is 2.58. The van der Waals surface area contributed by atoms with Crippen molar-refractivity contribution in [3.05, 3.63) is 35.5 Å². The van der Waals surface area contributed by atoms with Crippen molar-refractivity contribution in [3.8, 4) is 11.3 Å². The molecule has 0 radical (unpaired) electrons. The van der Waals surface area contributed by atoms with Gasteiger partial charge in [-0.15, -0.1) is 11.3 Å². The lowest BCUT2D eigenvalue weighted by atomic mass is 10.2. The molecular formula is C12H13FN2S. The molecule has 0 saturated heterocycles. The predicted molar refractivity (Wildman–Crippen MR) is 66.3 cm³/mol. The molecule has 4 heteroatoms. The standard InChI is InChI=1S/C12H13FN2S/c1-8(2)14-12-15-11(7-16-12)9-4-3-5-10(13)6-9/h3-8H,1-2H3,(H,14,15). The van der Waals surface area contributed by atoms with Crippen LogP contribution in [0.1, 0.15) is 13.8 Å². The third-order valence-corrected chi connectivity index (χ3v) is 2.81. The predicted octanol–water partition coefficient (Wildman–Crippen LogP) is 3.77. The lowest BCUT2D eigenvalue weighted by molar-refractivity contribution is 0.628. The Labute approximate surface area is 98.2 Å². The summed E-state index contributed by atoms with van der Waals surface area (Å²) in [5, 5.41) is 6.02. The van der Waals surface area contributed by atoms with Crippen LogP contribution in [0, 0.1) is 5.82 Å². The van der Waals surface area contributed by atoms with Crippen molar-refractivity contribution in [1.82, 2.24) is 4.98 Å². The topological polar surface area (TPSA) is 24.9 Å². The molecule has 0 amide bonds. The minimum Gasteiger partial charge on any atom is -0.359 e. The number of aromatic nitrogens is 1. The molecule has 1 heterocycles. The van der Waals surface area contributed by atoms with Gasteiger partial charge in [0.1, 0.15) is 5.82 Å². The SMILES string of the molecule is CC(C)Nc1nc(-c2cccc(F)c2)cs1. The first-order valence-electron chi connectivity index (χ1n) is 5.13. The smallest absolute Gasteiger partial charge is 0.183 e. The van der Waals surface area contributed by atoms with Gasteiger partial charge >= 0.3 is 0 Å². The van der Waals surface area contributed by atoms with E-state index in [9.17, 15) is 4.39 Å². The molecule has 0 aliphatic heterocycles. The molecule has 1 N–H and O–H groups in total. The monoisotopic (exact) mass is 236 g/mol. The van der Waals surface area contributed by atoms with Crippen LogP contribution in [0.25, 0.3) is 11.3 Å². The summed E-state index contributed by atoms with van der Waals surface area (Å²) < 4.78 is 13.0. The Kier molecular flexibility index (Phi) is 3.19. The number of halogens is 1. The third-order valence-electron chi connectivity index (χ3n) is 2.04. The summed E-state index contributed by atoms with van der Waals surface area (Å²) in [4.78, 5) is 4.40. The number of nitrogens with one attached hydrogen (secondary N) is 1. The van der Waals surface area contributed by atoms with Crippen molar-refractivity contribution in [2.45, 2.75) is 19.9 Å². The quantitative estimate of drug-likeness (QED) is 0.877. The average Bonchev–Trinajstić information content (AvgIpc) is 2.65. The van der Waals surface area contributed by atoms with Gasteiger partial charge in [-0.25, -0.2) is 9.37 Å². The molecule has 84 valence electrons. The van der Waals surface area contributed by atoms with Crippen LogP contribution >= 0.6 is 11.3 Å². The normalized spacial score (nSPS) is 10.8. The number of anilines is 1. The van der Waals surface area contributed by atoms with Gasteiger partial charge in [-0.3, -0.25) is 0 Å². The first kappa shape index (κ1) is 11.1. The van der Waals surface area contributed by atoms with E-state index in [1.807, 2.05) is 11.4 Å². The first-order chi connectivity index (χ1) is 7.65. The highest BCUT2D eigenvalue weighted by molar-refractivity contribution is 7.14. The van der Waals surface area contributed by atoms with Crippen LogP contribution in [0.4, 0.5) is 9.52 Å². The Morgan fingerprint density at radius 2 is 2.19 bits per heavy atom. The molecule has 0 bridgehead atoms. The lowest BCUT2D eigenvalue weighted by Crippen LogP contribution is -2.08. The summed E-state index contributed by atoms with van der Waals surface area (Å²) in [6.45, 7) is 4.12. The number of hydrogen-bond acceptors (Lipinski definition) is 3. The summed E-state index contributed by atoms with van der Waals surface area (Å²) in [5.74, 6) is -0.233. The Balaban J connectivity index is 2.24. The van der Waals surface area contributed by atoms with E-state index in [-0.39, 0.29) is 5.82 Å². The molecule has 2 aromatic rings. The van der Waals surface area contributed by atoms with Crippen LogP contribution in [-0.4, -0.2) is 11.0 Å². The van der Waals surface area contributed by atoms with Crippen molar-refractivity contribution in [1.29, 1.82) is 0 Å². The zero-order valence-corrected chi connectivity index (χ0v) is 10.0. The average molecular weight is 236 g/mol. The van der Waals surface area contributed by atoms with E-state index in [0.29, 0.717) is 6.04 Å². The molecule has 2 rings (SSSR count). The molecule has 1 aromatic heterocycles. The van der Waals surface area contributed by atoms with E-state index in [1.165, 1.54) is 23.5 Å². The molecule has 0 atom stereocenters. The molecular weight excluding hydrogens is 223 g/mol. The molecule has 2 nitrogen and oxygen atoms in total. The molecule has 1 aromatic carbocycles. The highest BCUT2D eigenvalue weighted by Gasteiger charge is 2.05. The fourth-order valence-electron chi connectivity index (χ4n) is 1.37. The lowest BCUT2D eigenvalue weighted by Gasteiger charge is -2.04. The van der Waals surface area contributed by atoms with Gasteiger partial charge in [0.25, 0.3) is 0 Å². The maximum absolute atomic E-state index is 13.0. The van der Waals surface area contributed by atoms with Crippen molar-refractivity contribution in [3.63, 3.8) is 0 Å². The molecule has 16 heavy (non-hydrogen) atoms. The van der Waals surface area contributed by atoms with Crippen molar-refractivity contribution in [2.75, 3.05) is 5.32 Å². The first-order valence-corrected chi connectivity index (χ1v) is 6.01. The number of rotatable bonds is 3. The maximum Gasteiger partial charge on any atom is 0.183 e. The highest BCUT2D eigenvalue weighted by atomic mass is 32.1. The van der Waals surface area contributed by atoms with Gasteiger partial charge in [-0.1, -0.05) is 12.1 Å². The Bertz CT molecular complexity index is 479. The Morgan fingerprint density at radius 3 is 2.88 bits per heavy atom. The molecule has 0 unspecified atom stereocenters. The van der Waals surface area contributed by atoms with Gasteiger partial charge in [0.15, 0.2) is 5.13 Å². The van der Waals surface area contributed by atoms with Crippen LogP contribution in [0.5, 0.6) is 0 Å². The minimum atomic E-state index is -0.233. The summed E-state index contributed by atoms with van der Waals surface area (Å²) in [7, 11) is 0. The maximum atomic E-state index is 13.0. The summed E-state index contributed by atoms with van der Waals surface area (Å²) in [6.07, 6.45) is 0. The van der Waals surface area contributed by atoms with Gasteiger partial charge in [0.05, 0.1) is 5.69 Å². The fourth-order valence-corrected chi connectivity index (χ4v) is 2.23. The zero-order chi connectivity index (χ0) is 11.5. The molecule has 0 fully saturated rings. The van der Waals surface area contributed by atoms with Crippen LogP contribution in [0.2, 0.25) is 0 Å². The molecule has 0 saturated carbocycles. The van der Waals surface area contributed by atoms with Crippen LogP contribution < -0.4 is 5.32 Å². The largest absolute Gasteiger partial charge is 0.359 e. The number of benzene rings is 1. The summed E-state index contributed by atoms with van der Waals surface area (Å²) in [6, 6.07) is 6.83. The number of thiazole rings is 1. The van der Waals surface area contributed by atoms with E-state index in [2.05, 4.69) is 24.1 Å². The van der Waals surface area contributed by atoms with E-state index < -0.39 is 0 Å². The molecule has 0 aliphatic carbocycles. The molecule has 0 spiro atoms. The second-order valence-electron chi connectivity index (χ2n) is 3.85. The van der Waals surface area contributed by atoms with Crippen LogP contribution in [0.3, 0.4) is 0 Å². The van der Waals surface area contributed by atoms with E-state index >= 15 is 0 Å².